The number of nitrogens with zero attached hydrogens (tertiary/aromatic N) is 8. The molecule has 2 saturated heterocycles. The topological polar surface area (TPSA) is 200 Å². The van der Waals surface area contributed by atoms with Gasteiger partial charge >= 0.3 is 5.97 Å². The van der Waals surface area contributed by atoms with Crippen LogP contribution < -0.4 is 21.7 Å². The van der Waals surface area contributed by atoms with Crippen LogP contribution in [0, 0.1) is 6.92 Å². The molecule has 0 radical (unpaired) electrons. The summed E-state index contributed by atoms with van der Waals surface area (Å²) in [6.45, 7) is 6.69. The first-order chi connectivity index (χ1) is 35.0. The average Bonchev–Trinajstić information content (AvgIpc) is 3.41. The highest BCUT2D eigenvalue weighted by molar-refractivity contribution is 6.05. The molecule has 2 fully saturated rings. The van der Waals surface area contributed by atoms with Crippen LogP contribution in [0.3, 0.4) is 0 Å². The molecule has 366 valence electrons. The van der Waals surface area contributed by atoms with Crippen molar-refractivity contribution < 1.29 is 14.7 Å². The molecule has 0 atom stereocenters. The number of nitrogens with one attached hydrogen (secondary N) is 3. The molecule has 15 heteroatoms. The fourth-order valence-electron chi connectivity index (χ4n) is 8.53. The van der Waals surface area contributed by atoms with Crippen LogP contribution in [0.15, 0.2) is 165 Å². The molecule has 4 aromatic heterocycles. The maximum Gasteiger partial charge on any atom is 0.335 e. The van der Waals surface area contributed by atoms with E-state index in [4.69, 9.17) is 10.8 Å². The number of carboxylic acids is 1. The average molecular weight is 961 g/mol. The predicted molar refractivity (Wildman–Crippen MR) is 286 cm³/mol. The van der Waals surface area contributed by atoms with E-state index in [0.717, 1.165) is 52.8 Å². The number of piperidine rings is 2. The lowest BCUT2D eigenvalue weighted by atomic mass is 9.89. The van der Waals surface area contributed by atoms with Crippen LogP contribution in [0.1, 0.15) is 74.9 Å². The summed E-state index contributed by atoms with van der Waals surface area (Å²) >= 11 is 0. The molecule has 1 amide bonds. The van der Waals surface area contributed by atoms with Gasteiger partial charge in [-0.15, -0.1) is 0 Å². The van der Waals surface area contributed by atoms with Crippen LogP contribution in [-0.4, -0.2) is 97.0 Å². The number of carbonyl (C=O) groups excluding carboxylic acids is 1. The molecule has 72 heavy (non-hydrogen) atoms. The number of nitrogen functional groups attached to an aromatic ring is 1. The van der Waals surface area contributed by atoms with Gasteiger partial charge < -0.3 is 36.6 Å². The highest BCUT2D eigenvalue weighted by Gasteiger charge is 2.20. The van der Waals surface area contributed by atoms with Crippen molar-refractivity contribution in [2.45, 2.75) is 44.4 Å². The molecule has 6 N–H and O–H groups in total. The standard InChI is InChI=1S/C29H30N6O.C16H12N4O2.C12H18N2/c1-20-5-6-23(18-26(20)33-27-11-15-31-28(34-27)24-4-3-14-30-19-24)29(36)32-25-9-7-21(8-10-25)22-12-16-35(2)17-13-22;21-16(22)11-3-1-5-13(9-11)19-14-6-8-18-15(20-14)12-4-2-7-17-10-12;1-14-8-6-11(7-9-14)10-2-4-12(13)5-3-10/h3-11,14-15,18-19,22H,12-13,16-17H2,1-2H3,(H,32,36)(H,31,33,34);1-10H,(H,21,22)(H,18,19,20);2-5,11H,6-9,13H2,1H3. The predicted octanol–water partition coefficient (Wildman–Crippen LogP) is 10.7. The minimum Gasteiger partial charge on any atom is -0.478 e. The normalized spacial score (nSPS) is 14.2. The second-order valence-electron chi connectivity index (χ2n) is 18.1. The number of rotatable bonds is 11. The minimum atomic E-state index is -0.970. The summed E-state index contributed by atoms with van der Waals surface area (Å²) in [5, 5.41) is 18.4. The summed E-state index contributed by atoms with van der Waals surface area (Å²) in [5.41, 5.74) is 15.0. The molecule has 6 heterocycles. The Balaban J connectivity index is 0.000000162. The van der Waals surface area contributed by atoms with Crippen molar-refractivity contribution in [3.63, 3.8) is 0 Å². The Labute approximate surface area is 420 Å². The number of anilines is 6. The van der Waals surface area contributed by atoms with E-state index < -0.39 is 5.97 Å². The Morgan fingerprint density at radius 1 is 0.583 bits per heavy atom. The Morgan fingerprint density at radius 3 is 1.65 bits per heavy atom. The van der Waals surface area contributed by atoms with Crippen molar-refractivity contribution in [3.8, 4) is 22.8 Å². The van der Waals surface area contributed by atoms with E-state index in [0.29, 0.717) is 40.5 Å². The summed E-state index contributed by atoms with van der Waals surface area (Å²) in [6, 6.07) is 39.8. The third-order valence-corrected chi connectivity index (χ3v) is 12.8. The zero-order valence-corrected chi connectivity index (χ0v) is 40.8. The van der Waals surface area contributed by atoms with E-state index in [1.807, 2.05) is 73.7 Å². The van der Waals surface area contributed by atoms with Gasteiger partial charge in [-0.2, -0.15) is 0 Å². The second-order valence-corrected chi connectivity index (χ2v) is 18.1. The maximum absolute atomic E-state index is 13.0. The molecule has 0 bridgehead atoms. The third kappa shape index (κ3) is 14.1. The van der Waals surface area contributed by atoms with Crippen LogP contribution in [0.4, 0.5) is 34.4 Å². The van der Waals surface area contributed by atoms with Gasteiger partial charge in [0, 0.05) is 76.6 Å². The Morgan fingerprint density at radius 2 is 1.12 bits per heavy atom. The van der Waals surface area contributed by atoms with E-state index >= 15 is 0 Å². The molecule has 2 aliphatic rings. The van der Waals surface area contributed by atoms with Crippen LogP contribution >= 0.6 is 0 Å². The molecule has 0 spiro atoms. The molecule has 0 aliphatic carbocycles. The lowest BCUT2D eigenvalue weighted by Gasteiger charge is -2.29. The largest absolute Gasteiger partial charge is 0.478 e. The molecule has 8 aromatic rings. The van der Waals surface area contributed by atoms with Gasteiger partial charge in [-0.3, -0.25) is 14.8 Å². The minimum absolute atomic E-state index is 0.149. The first kappa shape index (κ1) is 50.0. The molecule has 0 unspecified atom stereocenters. The molecule has 15 nitrogen and oxygen atoms in total. The molecule has 0 saturated carbocycles. The molecule has 4 aromatic carbocycles. The van der Waals surface area contributed by atoms with Gasteiger partial charge in [0.05, 0.1) is 5.56 Å². The van der Waals surface area contributed by atoms with Gasteiger partial charge in [0.15, 0.2) is 11.6 Å². The lowest BCUT2D eigenvalue weighted by molar-refractivity contribution is 0.0696. The Kier molecular flexibility index (Phi) is 17.0. The smallest absolute Gasteiger partial charge is 0.335 e. The maximum atomic E-state index is 13.0. The lowest BCUT2D eigenvalue weighted by Crippen LogP contribution is -2.29. The number of aryl methyl sites for hydroxylation is 1. The van der Waals surface area contributed by atoms with E-state index in [1.165, 1.54) is 56.0 Å². The summed E-state index contributed by atoms with van der Waals surface area (Å²) in [7, 11) is 4.37. The van der Waals surface area contributed by atoms with Crippen molar-refractivity contribution in [1.29, 1.82) is 0 Å². The zero-order chi connectivity index (χ0) is 50.2. The fraction of sp³-hybridized carbons (Fsp3) is 0.228. The summed E-state index contributed by atoms with van der Waals surface area (Å²) in [4.78, 5) is 54.5. The van der Waals surface area contributed by atoms with Gasteiger partial charge in [0.1, 0.15) is 11.6 Å². The van der Waals surface area contributed by atoms with Gasteiger partial charge in [0.2, 0.25) is 0 Å². The first-order valence-corrected chi connectivity index (χ1v) is 24.1. The summed E-state index contributed by atoms with van der Waals surface area (Å²) in [6.07, 6.45) is 15.1. The van der Waals surface area contributed by atoms with Gasteiger partial charge in [-0.05, 0) is 192 Å². The van der Waals surface area contributed by atoms with Crippen molar-refractivity contribution in [2.24, 2.45) is 0 Å². The number of carbonyl (C=O) groups is 2. The summed E-state index contributed by atoms with van der Waals surface area (Å²) in [5.74, 6) is 2.58. The van der Waals surface area contributed by atoms with E-state index in [2.05, 4.69) is 94.0 Å². The number of aromatic nitrogens is 6. The van der Waals surface area contributed by atoms with E-state index in [9.17, 15) is 9.59 Å². The number of carboxylic acid groups (broad SMARTS) is 1. The molecule has 10 rings (SSSR count). The van der Waals surface area contributed by atoms with E-state index in [-0.39, 0.29) is 11.5 Å². The fourth-order valence-corrected chi connectivity index (χ4v) is 8.53. The van der Waals surface area contributed by atoms with Crippen LogP contribution in [-0.2, 0) is 0 Å². The number of likely N-dealkylation sites (tertiary alicyclic amines) is 2. The van der Waals surface area contributed by atoms with Gasteiger partial charge in [0.25, 0.3) is 5.91 Å². The highest BCUT2D eigenvalue weighted by Crippen LogP contribution is 2.30. The van der Waals surface area contributed by atoms with E-state index in [1.54, 1.807) is 67.5 Å². The number of nitrogens with two attached hydrogens (primary N) is 1. The van der Waals surface area contributed by atoms with Crippen LogP contribution in [0.25, 0.3) is 22.8 Å². The van der Waals surface area contributed by atoms with Gasteiger partial charge in [-0.25, -0.2) is 24.7 Å². The first-order valence-electron chi connectivity index (χ1n) is 24.1. The van der Waals surface area contributed by atoms with Crippen molar-refractivity contribution in [1.82, 2.24) is 39.7 Å². The SMILES string of the molecule is CN1CCC(c2ccc(N)cc2)CC1.Cc1ccc(C(=O)Nc2ccc(C3CCN(C)CC3)cc2)cc1Nc1ccnc(-c2cccnc2)n1.O=C(O)c1cccc(Nc2ccnc(-c3cccnc3)n2)c1. The monoisotopic (exact) mass is 960 g/mol. The van der Waals surface area contributed by atoms with Crippen molar-refractivity contribution in [2.75, 3.05) is 62.0 Å². The number of aromatic carboxylic acids is 1. The van der Waals surface area contributed by atoms with Crippen LogP contribution in [0.2, 0.25) is 0 Å². The number of amides is 1. The zero-order valence-electron chi connectivity index (χ0n) is 40.8. The van der Waals surface area contributed by atoms with Gasteiger partial charge in [-0.1, -0.05) is 36.4 Å². The highest BCUT2D eigenvalue weighted by atomic mass is 16.4. The molecular formula is C57H60N12O3. The molecular weight excluding hydrogens is 901 g/mol. The number of hydrogen-bond donors (Lipinski definition) is 5. The second kappa shape index (κ2) is 24.4. The molecule has 2 aliphatic heterocycles. The van der Waals surface area contributed by atoms with Crippen molar-refractivity contribution >= 4 is 46.3 Å². The number of benzene rings is 4. The third-order valence-electron chi connectivity index (χ3n) is 12.8. The number of pyridine rings is 2. The van der Waals surface area contributed by atoms with Crippen molar-refractivity contribution in [3.05, 3.63) is 192 Å². The Bertz CT molecular complexity index is 3020. The van der Waals surface area contributed by atoms with Crippen LogP contribution in [0.5, 0.6) is 0 Å². The number of hydrogen-bond acceptors (Lipinski definition) is 13. The Hall–Kier alpha value is -8.40. The quantitative estimate of drug-likeness (QED) is 0.0767. The summed E-state index contributed by atoms with van der Waals surface area (Å²) < 4.78 is 0.